The maximum Gasteiger partial charge on any atom is 0.417 e. The molecule has 0 aliphatic rings. The van der Waals surface area contributed by atoms with Gasteiger partial charge in [0.05, 0.1) is 20.6 Å². The molecular weight excluding hydrogens is 393 g/mol. The Kier molecular flexibility index (Phi) is 6.32. The third-order valence-corrected chi connectivity index (χ3v) is 4.31. The summed E-state index contributed by atoms with van der Waals surface area (Å²) in [7, 11) is 2.38. The van der Waals surface area contributed by atoms with Crippen molar-refractivity contribution in [3.05, 3.63) is 28.2 Å². The van der Waals surface area contributed by atoms with Crippen LogP contribution < -0.4 is 4.74 Å². The van der Waals surface area contributed by atoms with Crippen molar-refractivity contribution in [2.75, 3.05) is 14.2 Å². The first-order chi connectivity index (χ1) is 10.9. The predicted octanol–water partition coefficient (Wildman–Crippen LogP) is 3.98. The van der Waals surface area contributed by atoms with Gasteiger partial charge in [0, 0.05) is 10.0 Å². The van der Waals surface area contributed by atoms with E-state index in [1.54, 1.807) is 32.0 Å². The monoisotopic (exact) mass is 412 g/mol. The lowest BCUT2D eigenvalue weighted by Crippen LogP contribution is -2.50. The molecule has 0 saturated heterocycles. The average Bonchev–Trinajstić information content (AvgIpc) is 2.45. The summed E-state index contributed by atoms with van der Waals surface area (Å²) in [5, 5.41) is 10.2. The highest BCUT2D eigenvalue weighted by molar-refractivity contribution is 9.10. The Morgan fingerprint density at radius 1 is 1.25 bits per heavy atom. The first-order valence-corrected chi connectivity index (χ1v) is 7.85. The number of methoxy groups -OCH3 is 2. The topological polar surface area (TPSA) is 55.8 Å². The van der Waals surface area contributed by atoms with Crippen LogP contribution in [0.1, 0.15) is 32.3 Å². The van der Waals surface area contributed by atoms with Gasteiger partial charge in [-0.3, -0.25) is 4.79 Å². The number of hydrogen-bond acceptors (Lipinski definition) is 4. The number of hydrogen-bond donors (Lipinski definition) is 1. The molecule has 8 heteroatoms. The summed E-state index contributed by atoms with van der Waals surface area (Å²) in [6.07, 6.45) is -6.89. The van der Waals surface area contributed by atoms with E-state index in [-0.39, 0.29) is 0 Å². The molecule has 0 aromatic heterocycles. The van der Waals surface area contributed by atoms with Crippen molar-refractivity contribution in [2.45, 2.75) is 43.9 Å². The van der Waals surface area contributed by atoms with Crippen LogP contribution in [0.25, 0.3) is 0 Å². The van der Waals surface area contributed by atoms with Crippen molar-refractivity contribution in [2.24, 2.45) is 0 Å². The molecule has 4 nitrogen and oxygen atoms in total. The van der Waals surface area contributed by atoms with Gasteiger partial charge in [0.15, 0.2) is 5.60 Å². The number of benzene rings is 1. The molecule has 0 heterocycles. The molecule has 1 N–H and O–H groups in total. The number of aliphatic hydroxyl groups is 1. The quantitative estimate of drug-likeness (QED) is 0.717. The number of alkyl halides is 3. The van der Waals surface area contributed by atoms with E-state index >= 15 is 0 Å². The van der Waals surface area contributed by atoms with Crippen LogP contribution >= 0.6 is 15.9 Å². The first kappa shape index (κ1) is 20.8. The predicted molar refractivity (Wildman–Crippen MR) is 86.0 cm³/mol. The Balaban J connectivity index is 3.30. The second-order valence-electron chi connectivity index (χ2n) is 6.19. The van der Waals surface area contributed by atoms with Crippen molar-refractivity contribution in [1.29, 1.82) is 0 Å². The van der Waals surface area contributed by atoms with Crippen molar-refractivity contribution < 1.29 is 32.5 Å². The molecule has 1 rings (SSSR count). The molecule has 0 aliphatic carbocycles. The van der Waals surface area contributed by atoms with E-state index in [2.05, 4.69) is 20.7 Å². The molecule has 136 valence electrons. The van der Waals surface area contributed by atoms with Crippen LogP contribution in [-0.4, -0.2) is 37.1 Å². The number of rotatable bonds is 6. The minimum absolute atomic E-state index is 0.394. The lowest BCUT2D eigenvalue weighted by atomic mass is 9.73. The molecule has 0 radical (unpaired) electrons. The number of esters is 1. The maximum atomic E-state index is 13.4. The van der Waals surface area contributed by atoms with Crippen molar-refractivity contribution in [3.8, 4) is 5.75 Å². The van der Waals surface area contributed by atoms with Crippen LogP contribution in [0.15, 0.2) is 22.7 Å². The van der Waals surface area contributed by atoms with Crippen LogP contribution in [0, 0.1) is 0 Å². The van der Waals surface area contributed by atoms with E-state index < -0.39 is 36.0 Å². The fourth-order valence-electron chi connectivity index (χ4n) is 2.61. The Labute approximate surface area is 147 Å². The Hall–Kier alpha value is -1.28. The SMILES string of the molecule is COC(=O)CC(O)(CC(C)(C)c1cc(Br)ccc1OC)C(F)(F)F. The van der Waals surface area contributed by atoms with Crippen LogP contribution in [0.2, 0.25) is 0 Å². The van der Waals surface area contributed by atoms with Gasteiger partial charge >= 0.3 is 12.1 Å². The summed E-state index contributed by atoms with van der Waals surface area (Å²) in [5.74, 6) is -0.738. The van der Waals surface area contributed by atoms with Crippen molar-refractivity contribution in [1.82, 2.24) is 0 Å². The van der Waals surface area contributed by atoms with Crippen molar-refractivity contribution in [3.63, 3.8) is 0 Å². The van der Waals surface area contributed by atoms with Gasteiger partial charge in [0.25, 0.3) is 0 Å². The van der Waals surface area contributed by atoms with Crippen molar-refractivity contribution >= 4 is 21.9 Å². The molecule has 0 bridgehead atoms. The fraction of sp³-hybridized carbons (Fsp3) is 0.562. The molecule has 0 spiro atoms. The van der Waals surface area contributed by atoms with Gasteiger partial charge in [-0.25, -0.2) is 0 Å². The van der Waals surface area contributed by atoms with Gasteiger partial charge in [-0.1, -0.05) is 29.8 Å². The Morgan fingerprint density at radius 2 is 1.83 bits per heavy atom. The third-order valence-electron chi connectivity index (χ3n) is 3.82. The van der Waals surface area contributed by atoms with E-state index in [4.69, 9.17) is 4.74 Å². The molecule has 1 aromatic carbocycles. The molecule has 24 heavy (non-hydrogen) atoms. The van der Waals surface area contributed by atoms with E-state index in [1.165, 1.54) is 7.11 Å². The molecule has 0 fully saturated rings. The van der Waals surface area contributed by atoms with E-state index in [0.717, 1.165) is 7.11 Å². The lowest BCUT2D eigenvalue weighted by molar-refractivity contribution is -0.269. The summed E-state index contributed by atoms with van der Waals surface area (Å²) in [4.78, 5) is 11.4. The summed E-state index contributed by atoms with van der Waals surface area (Å²) >= 11 is 3.27. The van der Waals surface area contributed by atoms with Crippen LogP contribution in [0.5, 0.6) is 5.75 Å². The van der Waals surface area contributed by atoms with Gasteiger partial charge in [-0.2, -0.15) is 13.2 Å². The number of carbonyl (C=O) groups is 1. The molecule has 1 unspecified atom stereocenters. The normalized spacial score (nSPS) is 14.9. The summed E-state index contributed by atoms with van der Waals surface area (Å²) < 4.78 is 50.4. The highest BCUT2D eigenvalue weighted by Crippen LogP contribution is 2.45. The van der Waals surface area contributed by atoms with E-state index in [1.807, 2.05) is 0 Å². The molecule has 0 saturated carbocycles. The van der Waals surface area contributed by atoms with E-state index in [9.17, 15) is 23.1 Å². The Bertz CT molecular complexity index is 601. The minimum Gasteiger partial charge on any atom is -0.496 e. The number of ether oxygens (including phenoxy) is 2. The zero-order valence-electron chi connectivity index (χ0n) is 13.8. The van der Waals surface area contributed by atoms with Gasteiger partial charge in [0.2, 0.25) is 0 Å². The average molecular weight is 413 g/mol. The van der Waals surface area contributed by atoms with Crippen LogP contribution in [0.4, 0.5) is 13.2 Å². The maximum absolute atomic E-state index is 13.4. The molecule has 0 amide bonds. The summed E-state index contributed by atoms with van der Waals surface area (Å²) in [5.41, 5.74) is -3.86. The second-order valence-corrected chi connectivity index (χ2v) is 7.10. The number of carbonyl (C=O) groups excluding carboxylic acids is 1. The van der Waals surface area contributed by atoms with Crippen LogP contribution in [-0.2, 0) is 14.9 Å². The molecule has 1 aromatic rings. The fourth-order valence-corrected chi connectivity index (χ4v) is 2.97. The molecule has 0 aliphatic heterocycles. The molecule has 1 atom stereocenters. The summed E-state index contributed by atoms with van der Waals surface area (Å²) in [6.45, 7) is 3.09. The third kappa shape index (κ3) is 4.63. The van der Waals surface area contributed by atoms with Gasteiger partial charge in [-0.15, -0.1) is 0 Å². The number of halogens is 4. The van der Waals surface area contributed by atoms with Gasteiger partial charge in [0.1, 0.15) is 5.75 Å². The second kappa shape index (κ2) is 7.31. The summed E-state index contributed by atoms with van der Waals surface area (Å²) in [6, 6.07) is 4.95. The Morgan fingerprint density at radius 3 is 2.29 bits per heavy atom. The van der Waals surface area contributed by atoms with Gasteiger partial charge in [-0.05, 0) is 30.0 Å². The highest BCUT2D eigenvalue weighted by atomic mass is 79.9. The standard InChI is InChI=1S/C16H20BrF3O4/c1-14(2,11-7-10(17)5-6-12(11)23-3)9-15(22,16(18,19)20)8-13(21)24-4/h5-7,22H,8-9H2,1-4H3. The lowest BCUT2D eigenvalue weighted by Gasteiger charge is -2.37. The first-order valence-electron chi connectivity index (χ1n) is 7.06. The zero-order chi connectivity index (χ0) is 18.8. The van der Waals surface area contributed by atoms with E-state index in [0.29, 0.717) is 15.8 Å². The largest absolute Gasteiger partial charge is 0.496 e. The highest BCUT2D eigenvalue weighted by Gasteiger charge is 2.57. The van der Waals surface area contributed by atoms with Gasteiger partial charge < -0.3 is 14.6 Å². The molecular formula is C16H20BrF3O4. The minimum atomic E-state index is -4.99. The van der Waals surface area contributed by atoms with Crippen LogP contribution in [0.3, 0.4) is 0 Å². The smallest absolute Gasteiger partial charge is 0.417 e. The zero-order valence-corrected chi connectivity index (χ0v) is 15.4.